The minimum atomic E-state index is -0.124. The fourth-order valence-electron chi connectivity index (χ4n) is 2.85. The largest absolute Gasteiger partial charge is 0.448 e. The maximum absolute atomic E-state index is 12.2. The molecule has 5 nitrogen and oxygen atoms in total. The Bertz CT molecular complexity index is 464. The highest BCUT2D eigenvalue weighted by Gasteiger charge is 2.22. The summed E-state index contributed by atoms with van der Waals surface area (Å²) in [5.74, 6) is 1.64. The summed E-state index contributed by atoms with van der Waals surface area (Å²) in [5.41, 5.74) is 0.407. The highest BCUT2D eigenvalue weighted by atomic mass is 16.3. The summed E-state index contributed by atoms with van der Waals surface area (Å²) >= 11 is 0. The molecule has 1 unspecified atom stereocenters. The molecule has 2 heterocycles. The van der Waals surface area contributed by atoms with Crippen LogP contribution in [0.2, 0.25) is 0 Å². The van der Waals surface area contributed by atoms with E-state index < -0.39 is 0 Å². The van der Waals surface area contributed by atoms with Crippen molar-refractivity contribution in [2.45, 2.75) is 64.8 Å². The molecule has 0 bridgehead atoms. The van der Waals surface area contributed by atoms with Gasteiger partial charge in [-0.1, -0.05) is 26.7 Å². The first-order chi connectivity index (χ1) is 10.6. The van der Waals surface area contributed by atoms with Crippen LogP contribution < -0.4 is 10.6 Å². The Balaban J connectivity index is 1.80. The topological polar surface area (TPSA) is 67.2 Å². The molecule has 0 radical (unpaired) electrons. The van der Waals surface area contributed by atoms with Crippen LogP contribution in [-0.2, 0) is 0 Å². The Morgan fingerprint density at radius 3 is 2.77 bits per heavy atom. The number of amides is 1. The number of hydrogen-bond donors (Lipinski definition) is 2. The zero-order valence-corrected chi connectivity index (χ0v) is 14.0. The average molecular weight is 307 g/mol. The molecule has 1 aliphatic rings. The predicted octanol–water partition coefficient (Wildman–Crippen LogP) is 3.09. The Morgan fingerprint density at radius 2 is 2.09 bits per heavy atom. The molecule has 0 aromatic carbocycles. The van der Waals surface area contributed by atoms with Crippen molar-refractivity contribution in [2.24, 2.45) is 5.92 Å². The fraction of sp³-hybridized carbons (Fsp3) is 0.765. The summed E-state index contributed by atoms with van der Waals surface area (Å²) in [6.45, 7) is 8.47. The van der Waals surface area contributed by atoms with Gasteiger partial charge in [0.2, 0.25) is 0 Å². The Morgan fingerprint density at radius 1 is 1.36 bits per heavy atom. The van der Waals surface area contributed by atoms with Crippen molar-refractivity contribution in [3.05, 3.63) is 17.8 Å². The van der Waals surface area contributed by atoms with Crippen molar-refractivity contribution in [2.75, 3.05) is 13.1 Å². The number of carbonyl (C=O) groups excluding carboxylic acids is 1. The number of rotatable bonds is 7. The van der Waals surface area contributed by atoms with Gasteiger partial charge in [-0.2, -0.15) is 0 Å². The van der Waals surface area contributed by atoms with Gasteiger partial charge in [-0.25, -0.2) is 4.98 Å². The Kier molecular flexibility index (Phi) is 6.43. The van der Waals surface area contributed by atoms with Gasteiger partial charge in [0.15, 0.2) is 11.6 Å². The standard InChI is InChI=1S/C17H29N3O2/c1-12(2)5-4-6-13(3)19-16(21)15-11-22-17(20-15)14-7-9-18-10-8-14/h11-14,18H,4-10H2,1-3H3,(H,19,21). The molecule has 124 valence electrons. The first-order valence-electron chi connectivity index (χ1n) is 8.53. The average Bonchev–Trinajstić information content (AvgIpc) is 2.97. The zero-order chi connectivity index (χ0) is 15.9. The molecule has 0 spiro atoms. The van der Waals surface area contributed by atoms with Crippen LogP contribution in [0.15, 0.2) is 10.7 Å². The predicted molar refractivity (Wildman–Crippen MR) is 87.0 cm³/mol. The van der Waals surface area contributed by atoms with E-state index >= 15 is 0 Å². The summed E-state index contributed by atoms with van der Waals surface area (Å²) in [5, 5.41) is 6.33. The van der Waals surface area contributed by atoms with E-state index in [4.69, 9.17) is 4.42 Å². The molecule has 1 aromatic heterocycles. The lowest BCUT2D eigenvalue weighted by Crippen LogP contribution is -2.32. The monoisotopic (exact) mass is 307 g/mol. The lowest BCUT2D eigenvalue weighted by atomic mass is 9.98. The fourth-order valence-corrected chi connectivity index (χ4v) is 2.85. The highest BCUT2D eigenvalue weighted by Crippen LogP contribution is 2.24. The number of nitrogens with one attached hydrogen (secondary N) is 2. The normalized spacial score (nSPS) is 17.6. The number of piperidine rings is 1. The van der Waals surface area contributed by atoms with Gasteiger partial charge >= 0.3 is 0 Å². The van der Waals surface area contributed by atoms with Gasteiger partial charge < -0.3 is 15.1 Å². The first-order valence-corrected chi connectivity index (χ1v) is 8.53. The quantitative estimate of drug-likeness (QED) is 0.812. The minimum Gasteiger partial charge on any atom is -0.448 e. The zero-order valence-electron chi connectivity index (χ0n) is 14.0. The second kappa shape index (κ2) is 8.32. The summed E-state index contributed by atoms with van der Waals surface area (Å²) in [6.07, 6.45) is 6.87. The van der Waals surface area contributed by atoms with Crippen LogP contribution >= 0.6 is 0 Å². The van der Waals surface area contributed by atoms with E-state index in [1.54, 1.807) is 0 Å². The molecule has 1 atom stereocenters. The van der Waals surface area contributed by atoms with Crippen LogP contribution in [0, 0.1) is 5.92 Å². The number of hydrogen-bond acceptors (Lipinski definition) is 4. The number of oxazole rings is 1. The van der Waals surface area contributed by atoms with E-state index in [0.29, 0.717) is 23.4 Å². The van der Waals surface area contributed by atoms with Gasteiger partial charge in [0.05, 0.1) is 0 Å². The van der Waals surface area contributed by atoms with E-state index in [1.807, 2.05) is 6.92 Å². The number of aromatic nitrogens is 1. The van der Waals surface area contributed by atoms with Gasteiger partial charge in [0.25, 0.3) is 5.91 Å². The molecule has 22 heavy (non-hydrogen) atoms. The molecule has 1 amide bonds. The summed E-state index contributed by atoms with van der Waals surface area (Å²) in [4.78, 5) is 16.6. The molecule has 2 rings (SSSR count). The molecule has 1 saturated heterocycles. The van der Waals surface area contributed by atoms with Crippen molar-refractivity contribution >= 4 is 5.91 Å². The molecule has 1 aromatic rings. The molecular formula is C17H29N3O2. The van der Waals surface area contributed by atoms with Crippen molar-refractivity contribution in [3.8, 4) is 0 Å². The Hall–Kier alpha value is -1.36. The molecule has 0 aliphatic carbocycles. The van der Waals surface area contributed by atoms with Crippen LogP contribution in [0.3, 0.4) is 0 Å². The van der Waals surface area contributed by atoms with Crippen LogP contribution in [0.1, 0.15) is 75.2 Å². The maximum Gasteiger partial charge on any atom is 0.273 e. The third-order valence-electron chi connectivity index (χ3n) is 4.24. The van der Waals surface area contributed by atoms with Crippen molar-refractivity contribution in [3.63, 3.8) is 0 Å². The summed E-state index contributed by atoms with van der Waals surface area (Å²) in [6, 6.07) is 0.172. The molecule has 5 heteroatoms. The summed E-state index contributed by atoms with van der Waals surface area (Å²) in [7, 11) is 0. The van der Waals surface area contributed by atoms with Gasteiger partial charge in [-0.3, -0.25) is 4.79 Å². The third kappa shape index (κ3) is 5.13. The second-order valence-electron chi connectivity index (χ2n) is 6.79. The van der Waals surface area contributed by atoms with Crippen molar-refractivity contribution in [1.82, 2.24) is 15.6 Å². The van der Waals surface area contributed by atoms with Gasteiger partial charge in [0, 0.05) is 12.0 Å². The number of carbonyl (C=O) groups is 1. The van der Waals surface area contributed by atoms with E-state index in [0.717, 1.165) is 38.8 Å². The lowest BCUT2D eigenvalue weighted by molar-refractivity contribution is 0.0932. The van der Waals surface area contributed by atoms with Crippen molar-refractivity contribution in [1.29, 1.82) is 0 Å². The van der Waals surface area contributed by atoms with Crippen LogP contribution in [0.25, 0.3) is 0 Å². The molecule has 0 saturated carbocycles. The van der Waals surface area contributed by atoms with E-state index in [1.165, 1.54) is 12.7 Å². The second-order valence-corrected chi connectivity index (χ2v) is 6.79. The smallest absolute Gasteiger partial charge is 0.273 e. The third-order valence-corrected chi connectivity index (χ3v) is 4.24. The van der Waals surface area contributed by atoms with E-state index in [9.17, 15) is 4.79 Å². The van der Waals surface area contributed by atoms with Gasteiger partial charge in [-0.15, -0.1) is 0 Å². The SMILES string of the molecule is CC(C)CCCC(C)NC(=O)c1coc(C2CCNCC2)n1. The van der Waals surface area contributed by atoms with E-state index in [2.05, 4.69) is 29.5 Å². The minimum absolute atomic E-state index is 0.124. The lowest BCUT2D eigenvalue weighted by Gasteiger charge is -2.19. The molecule has 2 N–H and O–H groups in total. The molecule has 1 aliphatic heterocycles. The molecule has 1 fully saturated rings. The Labute approximate surface area is 133 Å². The van der Waals surface area contributed by atoms with Crippen molar-refractivity contribution < 1.29 is 9.21 Å². The summed E-state index contributed by atoms with van der Waals surface area (Å²) < 4.78 is 5.52. The van der Waals surface area contributed by atoms with Crippen LogP contribution in [0.4, 0.5) is 0 Å². The van der Waals surface area contributed by atoms with Gasteiger partial charge in [0.1, 0.15) is 6.26 Å². The van der Waals surface area contributed by atoms with E-state index in [-0.39, 0.29) is 11.9 Å². The van der Waals surface area contributed by atoms with Crippen LogP contribution in [-0.4, -0.2) is 30.0 Å². The van der Waals surface area contributed by atoms with Gasteiger partial charge in [-0.05, 0) is 45.2 Å². The van der Waals surface area contributed by atoms with Crippen LogP contribution in [0.5, 0.6) is 0 Å². The maximum atomic E-state index is 12.2. The molecular weight excluding hydrogens is 278 g/mol. The number of nitrogens with zero attached hydrogens (tertiary/aromatic N) is 1. The first kappa shape index (κ1) is 17.0. The highest BCUT2D eigenvalue weighted by molar-refractivity contribution is 5.92.